The van der Waals surface area contributed by atoms with E-state index in [0.29, 0.717) is 16.5 Å². The standard InChI is InChI=1S/C17H11N3O4S/c21-13(10-25-17-18-12-8-4-5-9-14(12)23-17)15-16(22)24-19-20(15)11-6-2-1-3-7-11/h1-9H,10H2/p+1. The van der Waals surface area contributed by atoms with E-state index in [1.165, 1.54) is 4.68 Å². The third-order valence-electron chi connectivity index (χ3n) is 3.53. The zero-order chi connectivity index (χ0) is 17.2. The molecule has 2 aromatic heterocycles. The molecule has 0 saturated heterocycles. The topological polar surface area (TPSA) is 93.0 Å². The molecule has 4 rings (SSSR count). The zero-order valence-electron chi connectivity index (χ0n) is 12.8. The Morgan fingerprint density at radius 2 is 1.88 bits per heavy atom. The number of thioether (sulfide) groups is 1. The van der Waals surface area contributed by atoms with E-state index in [1.54, 1.807) is 30.3 Å². The Bertz CT molecular complexity index is 1060. The van der Waals surface area contributed by atoms with Gasteiger partial charge in [0, 0.05) is 12.1 Å². The molecular formula is C17H12N3O4S+. The molecule has 0 amide bonds. The van der Waals surface area contributed by atoms with Crippen molar-refractivity contribution in [2.75, 3.05) is 5.75 Å². The average Bonchev–Trinajstić information content (AvgIpc) is 3.23. The fourth-order valence-corrected chi connectivity index (χ4v) is 3.08. The van der Waals surface area contributed by atoms with Crippen LogP contribution in [0.2, 0.25) is 0 Å². The molecule has 8 heteroatoms. The fraction of sp³-hybridized carbons (Fsp3) is 0.0588. The first-order chi connectivity index (χ1) is 12.2. The first-order valence-corrected chi connectivity index (χ1v) is 8.41. The smallest absolute Gasteiger partial charge is 0.431 e. The van der Waals surface area contributed by atoms with Gasteiger partial charge in [0.05, 0.1) is 5.75 Å². The molecule has 0 spiro atoms. The van der Waals surface area contributed by atoms with Crippen molar-refractivity contribution < 1.29 is 18.4 Å². The third kappa shape index (κ3) is 2.99. The summed E-state index contributed by atoms with van der Waals surface area (Å²) < 4.78 is 11.7. The van der Waals surface area contributed by atoms with Gasteiger partial charge in [-0.2, -0.15) is 0 Å². The van der Waals surface area contributed by atoms with Crippen molar-refractivity contribution in [1.29, 1.82) is 0 Å². The maximum atomic E-state index is 12.5. The summed E-state index contributed by atoms with van der Waals surface area (Å²) in [5.41, 5.74) is 1.21. The number of para-hydroxylation sites is 3. The van der Waals surface area contributed by atoms with E-state index in [9.17, 15) is 9.59 Å². The summed E-state index contributed by atoms with van der Waals surface area (Å²) in [6, 6.07) is 16.3. The molecule has 0 aliphatic heterocycles. The van der Waals surface area contributed by atoms with Crippen LogP contribution in [-0.2, 0) is 0 Å². The summed E-state index contributed by atoms with van der Waals surface area (Å²) in [7, 11) is 0. The van der Waals surface area contributed by atoms with E-state index in [-0.39, 0.29) is 17.2 Å². The van der Waals surface area contributed by atoms with Crippen LogP contribution < -0.4 is 10.3 Å². The Morgan fingerprint density at radius 1 is 1.12 bits per heavy atom. The van der Waals surface area contributed by atoms with E-state index in [2.05, 4.69) is 10.3 Å². The maximum absolute atomic E-state index is 12.5. The SMILES string of the molecule is O=C(CSc1nc2ccccc2o1)c1c(=O)o[nH][n+]1-c1ccccc1. The van der Waals surface area contributed by atoms with Crippen molar-refractivity contribution in [3.63, 3.8) is 0 Å². The van der Waals surface area contributed by atoms with E-state index < -0.39 is 5.63 Å². The van der Waals surface area contributed by atoms with Crippen molar-refractivity contribution in [2.45, 2.75) is 5.22 Å². The number of carbonyl (C=O) groups excluding carboxylic acids is 1. The highest BCUT2D eigenvalue weighted by molar-refractivity contribution is 7.99. The van der Waals surface area contributed by atoms with E-state index in [4.69, 9.17) is 8.94 Å². The lowest BCUT2D eigenvalue weighted by Crippen LogP contribution is -2.41. The van der Waals surface area contributed by atoms with Gasteiger partial charge in [0.15, 0.2) is 5.58 Å². The third-order valence-corrected chi connectivity index (χ3v) is 4.35. The molecule has 7 nitrogen and oxygen atoms in total. The molecule has 124 valence electrons. The summed E-state index contributed by atoms with van der Waals surface area (Å²) in [6.07, 6.45) is 0. The van der Waals surface area contributed by atoms with Gasteiger partial charge in [-0.1, -0.05) is 42.1 Å². The molecule has 0 radical (unpaired) electrons. The van der Waals surface area contributed by atoms with Gasteiger partial charge in [0.2, 0.25) is 11.5 Å². The number of carbonyl (C=O) groups is 1. The van der Waals surface area contributed by atoms with Gasteiger partial charge >= 0.3 is 11.3 Å². The molecule has 25 heavy (non-hydrogen) atoms. The second-order valence-electron chi connectivity index (χ2n) is 5.16. The lowest BCUT2D eigenvalue weighted by molar-refractivity contribution is -0.672. The molecule has 0 saturated carbocycles. The fourth-order valence-electron chi connectivity index (χ4n) is 2.38. The van der Waals surface area contributed by atoms with Gasteiger partial charge in [0.1, 0.15) is 5.52 Å². The van der Waals surface area contributed by atoms with Gasteiger partial charge in [0.25, 0.3) is 5.22 Å². The van der Waals surface area contributed by atoms with Crippen LogP contribution in [-0.4, -0.2) is 21.8 Å². The summed E-state index contributed by atoms with van der Waals surface area (Å²) in [5, 5.41) is 2.83. The van der Waals surface area contributed by atoms with Crippen molar-refractivity contribution in [2.24, 2.45) is 0 Å². The van der Waals surface area contributed by atoms with Gasteiger partial charge in [-0.15, -0.1) is 0 Å². The van der Waals surface area contributed by atoms with Crippen LogP contribution in [0.25, 0.3) is 16.8 Å². The Labute approximate surface area is 145 Å². The second-order valence-corrected chi connectivity index (χ2v) is 6.09. The molecule has 2 heterocycles. The van der Waals surface area contributed by atoms with Crippen molar-refractivity contribution in [3.05, 3.63) is 70.7 Å². The van der Waals surface area contributed by atoms with Crippen LogP contribution >= 0.6 is 11.8 Å². The summed E-state index contributed by atoms with van der Waals surface area (Å²) in [6.45, 7) is 0. The first kappa shape index (κ1) is 15.4. The number of ketones is 1. The molecule has 2 aromatic carbocycles. The maximum Gasteiger partial charge on any atom is 0.438 e. The lowest BCUT2D eigenvalue weighted by atomic mass is 10.3. The van der Waals surface area contributed by atoms with E-state index in [0.717, 1.165) is 17.3 Å². The Morgan fingerprint density at radius 3 is 2.68 bits per heavy atom. The van der Waals surface area contributed by atoms with Crippen LogP contribution in [0.5, 0.6) is 0 Å². The van der Waals surface area contributed by atoms with Gasteiger partial charge in [-0.05, 0) is 22.1 Å². The van der Waals surface area contributed by atoms with E-state index >= 15 is 0 Å². The molecule has 0 aliphatic rings. The number of rotatable bonds is 5. The van der Waals surface area contributed by atoms with Crippen LogP contribution in [0.15, 0.2) is 73.6 Å². The van der Waals surface area contributed by atoms with E-state index in [1.807, 2.05) is 24.3 Å². The Hall–Kier alpha value is -3.13. The summed E-state index contributed by atoms with van der Waals surface area (Å²) in [4.78, 5) is 28.7. The minimum Gasteiger partial charge on any atom is -0.431 e. The largest absolute Gasteiger partial charge is 0.438 e. The summed E-state index contributed by atoms with van der Waals surface area (Å²) >= 11 is 1.13. The average molecular weight is 354 g/mol. The monoisotopic (exact) mass is 354 g/mol. The molecular weight excluding hydrogens is 342 g/mol. The highest BCUT2D eigenvalue weighted by Gasteiger charge is 2.30. The molecule has 4 aromatic rings. The highest BCUT2D eigenvalue weighted by atomic mass is 32.2. The van der Waals surface area contributed by atoms with Crippen molar-refractivity contribution in [3.8, 4) is 5.69 Å². The quantitative estimate of drug-likeness (QED) is 0.336. The van der Waals surface area contributed by atoms with Gasteiger partial charge < -0.3 is 4.42 Å². The number of hydrogen-bond acceptors (Lipinski definition) is 6. The van der Waals surface area contributed by atoms with Crippen LogP contribution in [0.4, 0.5) is 0 Å². The van der Waals surface area contributed by atoms with Gasteiger partial charge in [-0.25, -0.2) is 9.78 Å². The second kappa shape index (κ2) is 6.40. The predicted molar refractivity (Wildman–Crippen MR) is 89.9 cm³/mol. The number of nitrogens with one attached hydrogen (secondary N) is 1. The van der Waals surface area contributed by atoms with Crippen molar-refractivity contribution in [1.82, 2.24) is 10.3 Å². The number of aromatic amines is 1. The molecule has 1 N–H and O–H groups in total. The number of nitrogens with zero attached hydrogens (tertiary/aromatic N) is 2. The number of H-pyrrole nitrogens is 1. The van der Waals surface area contributed by atoms with Crippen molar-refractivity contribution >= 4 is 28.6 Å². The minimum absolute atomic E-state index is 0.00225. The normalized spacial score (nSPS) is 11.0. The van der Waals surface area contributed by atoms with Crippen LogP contribution in [0, 0.1) is 0 Å². The molecule has 0 atom stereocenters. The molecule has 0 unspecified atom stereocenters. The number of hydrogen-bond donors (Lipinski definition) is 1. The highest BCUT2D eigenvalue weighted by Crippen LogP contribution is 2.23. The zero-order valence-corrected chi connectivity index (χ0v) is 13.7. The lowest BCUT2D eigenvalue weighted by Gasteiger charge is -1.94. The number of benzene rings is 2. The van der Waals surface area contributed by atoms with Crippen LogP contribution in [0.1, 0.15) is 10.5 Å². The first-order valence-electron chi connectivity index (χ1n) is 7.43. The Kier molecular flexibility index (Phi) is 3.95. The predicted octanol–water partition coefficient (Wildman–Crippen LogP) is 2.36. The van der Waals surface area contributed by atoms with Gasteiger partial charge in [-0.3, -0.25) is 9.32 Å². The Balaban J connectivity index is 1.57. The minimum atomic E-state index is -0.716. The molecule has 0 aliphatic carbocycles. The summed E-state index contributed by atoms with van der Waals surface area (Å²) in [5.74, 6) is -0.381. The number of Topliss-reactive ketones (excluding diaryl/α,β-unsaturated/α-hetero) is 1. The number of fused-ring (bicyclic) bond motifs is 1. The number of oxazole rings is 1. The number of aromatic nitrogens is 3. The molecule has 0 fully saturated rings. The molecule has 0 bridgehead atoms. The van der Waals surface area contributed by atoms with Crippen LogP contribution in [0.3, 0.4) is 0 Å².